The van der Waals surface area contributed by atoms with Gasteiger partial charge in [0.15, 0.2) is 0 Å². The summed E-state index contributed by atoms with van der Waals surface area (Å²) in [6.45, 7) is 7.29. The average Bonchev–Trinajstić information content (AvgIpc) is 3.88. The van der Waals surface area contributed by atoms with Crippen LogP contribution in [0.1, 0.15) is 63.2 Å². The zero-order valence-electron chi connectivity index (χ0n) is 28.3. The van der Waals surface area contributed by atoms with Gasteiger partial charge in [0.1, 0.15) is 83.4 Å². The lowest BCUT2D eigenvalue weighted by atomic mass is 9.77. The van der Waals surface area contributed by atoms with Gasteiger partial charge >= 0.3 is 0 Å². The predicted octanol–water partition coefficient (Wildman–Crippen LogP) is 8.74. The number of ether oxygens (including phenoxy) is 6. The van der Waals surface area contributed by atoms with E-state index in [1.54, 1.807) is 24.3 Å². The van der Waals surface area contributed by atoms with Crippen LogP contribution in [0.4, 0.5) is 13.2 Å². The summed E-state index contributed by atoms with van der Waals surface area (Å²) < 4.78 is 79.4. The van der Waals surface area contributed by atoms with Gasteiger partial charge in [0.25, 0.3) is 0 Å². The lowest BCUT2D eigenvalue weighted by Gasteiger charge is -2.25. The molecule has 4 aliphatic rings. The summed E-state index contributed by atoms with van der Waals surface area (Å²) in [5, 5.41) is 0. The van der Waals surface area contributed by atoms with Crippen molar-refractivity contribution in [1.82, 2.24) is 0 Å². The molecule has 0 saturated heterocycles. The van der Waals surface area contributed by atoms with Crippen molar-refractivity contribution in [2.24, 2.45) is 0 Å². The standard InChI is InChI=1S/C23H28O4.C15H10F2O2.CH3F/c1-3-5-13-24-17-9-7-11-19-21(17)23(15-26-19)16-27-20-12-8-10-18(22(20)23)25-14-6-4-2;16-9-3-1-5-11-13(9)15(7-18-11)8-19-12-6-2-4-10(17)14(12)15;1-2/h7-12H,3-6,13-16H2,1-2H3;1-6H,7-8H2;1H3/i;;1D. The first-order valence-corrected chi connectivity index (χ1v) is 16.4. The summed E-state index contributed by atoms with van der Waals surface area (Å²) in [5.41, 5.74) is 1.79. The Morgan fingerprint density at radius 3 is 1.29 bits per heavy atom. The fourth-order valence-corrected chi connectivity index (χ4v) is 6.99. The molecule has 0 aromatic heterocycles. The van der Waals surface area contributed by atoms with Crippen LogP contribution in [0.2, 0.25) is 0 Å². The van der Waals surface area contributed by atoms with Gasteiger partial charge in [-0.1, -0.05) is 51.0 Å². The summed E-state index contributed by atoms with van der Waals surface area (Å²) in [6.07, 6.45) is 4.29. The van der Waals surface area contributed by atoms with Crippen LogP contribution in [0.5, 0.6) is 34.5 Å². The number of unbranched alkanes of at least 4 members (excludes halogenated alkanes) is 2. The molecule has 6 nitrogen and oxygen atoms in total. The molecule has 48 heavy (non-hydrogen) atoms. The second-order valence-corrected chi connectivity index (χ2v) is 12.2. The summed E-state index contributed by atoms with van der Waals surface area (Å²) in [5.74, 6) is 3.77. The van der Waals surface area contributed by atoms with Crippen molar-refractivity contribution >= 4 is 0 Å². The van der Waals surface area contributed by atoms with Crippen molar-refractivity contribution in [3.8, 4) is 34.5 Å². The van der Waals surface area contributed by atoms with Crippen LogP contribution in [0, 0.1) is 11.6 Å². The van der Waals surface area contributed by atoms with E-state index in [2.05, 4.69) is 13.8 Å². The number of fused-ring (bicyclic) bond motifs is 8. The Morgan fingerprint density at radius 1 is 0.583 bits per heavy atom. The highest BCUT2D eigenvalue weighted by molar-refractivity contribution is 5.66. The molecule has 8 rings (SSSR count). The second kappa shape index (κ2) is 14.3. The van der Waals surface area contributed by atoms with Gasteiger partial charge in [-0.25, -0.2) is 8.78 Å². The van der Waals surface area contributed by atoms with Crippen molar-refractivity contribution < 1.29 is 43.0 Å². The first-order chi connectivity index (χ1) is 23.9. The molecule has 0 unspecified atom stereocenters. The SMILES string of the molecule is CCCCOc1cccc2c1C1(CO2)COc2cccc(OCCCC)c21.Fc1cccc2c1C1(CO2)COc2cccc(F)c21.[2H]CF. The molecule has 0 bridgehead atoms. The van der Waals surface area contributed by atoms with Gasteiger partial charge in [0, 0.05) is 11.1 Å². The van der Waals surface area contributed by atoms with Gasteiger partial charge in [0.05, 0.1) is 32.9 Å². The van der Waals surface area contributed by atoms with Crippen LogP contribution in [-0.2, 0) is 10.8 Å². The molecular weight excluding hydrogens is 621 g/mol. The number of hydrogen-bond donors (Lipinski definition) is 0. The topological polar surface area (TPSA) is 55.4 Å². The minimum atomic E-state index is -1.00. The highest BCUT2D eigenvalue weighted by atomic mass is 19.1. The van der Waals surface area contributed by atoms with Crippen molar-refractivity contribution in [3.63, 3.8) is 0 Å². The van der Waals surface area contributed by atoms with Gasteiger partial charge in [-0.05, 0) is 61.4 Å². The maximum atomic E-state index is 14.2. The fourth-order valence-electron chi connectivity index (χ4n) is 6.99. The molecule has 0 saturated carbocycles. The summed E-state index contributed by atoms with van der Waals surface area (Å²) in [6, 6.07) is 21.5. The molecule has 2 spiro atoms. The fraction of sp³-hybridized carbons (Fsp3) is 0.385. The largest absolute Gasteiger partial charge is 0.493 e. The number of rotatable bonds is 8. The van der Waals surface area contributed by atoms with E-state index in [0.717, 1.165) is 59.8 Å². The molecule has 0 aliphatic carbocycles. The molecule has 0 radical (unpaired) electrons. The lowest BCUT2D eigenvalue weighted by Crippen LogP contribution is -2.33. The minimum absolute atomic E-state index is 0.206. The first kappa shape index (κ1) is 32.0. The highest BCUT2D eigenvalue weighted by Gasteiger charge is 2.53. The Morgan fingerprint density at radius 2 is 0.917 bits per heavy atom. The van der Waals surface area contributed by atoms with Crippen LogP contribution < -0.4 is 28.4 Å². The number of halogens is 3. The van der Waals surface area contributed by atoms with Crippen molar-refractivity contribution in [2.45, 2.75) is 50.4 Å². The summed E-state index contributed by atoms with van der Waals surface area (Å²) in [4.78, 5) is 0. The monoisotopic (exact) mass is 663 g/mol. The molecule has 254 valence electrons. The van der Waals surface area contributed by atoms with Crippen LogP contribution >= 0.6 is 0 Å². The molecule has 4 aliphatic heterocycles. The third-order valence-electron chi connectivity index (χ3n) is 9.25. The number of hydrogen-bond acceptors (Lipinski definition) is 6. The molecule has 0 atom stereocenters. The molecule has 4 aromatic rings. The number of alkyl halides is 1. The molecule has 0 amide bonds. The van der Waals surface area contributed by atoms with Gasteiger partial charge < -0.3 is 28.4 Å². The highest BCUT2D eigenvalue weighted by Crippen LogP contribution is 2.56. The van der Waals surface area contributed by atoms with Crippen LogP contribution in [0.3, 0.4) is 0 Å². The van der Waals surface area contributed by atoms with E-state index >= 15 is 0 Å². The minimum Gasteiger partial charge on any atom is -0.493 e. The van der Waals surface area contributed by atoms with E-state index in [9.17, 15) is 13.2 Å². The lowest BCUT2D eigenvalue weighted by molar-refractivity contribution is 0.230. The molecule has 4 aromatic carbocycles. The van der Waals surface area contributed by atoms with E-state index in [0.29, 0.717) is 49.1 Å². The molecule has 4 heterocycles. The maximum Gasteiger partial charge on any atom is 0.131 e. The van der Waals surface area contributed by atoms with Gasteiger partial charge in [0.2, 0.25) is 0 Å². The van der Waals surface area contributed by atoms with Crippen LogP contribution in [-0.4, -0.2) is 46.8 Å². The van der Waals surface area contributed by atoms with E-state index in [-0.39, 0.29) is 30.3 Å². The zero-order valence-corrected chi connectivity index (χ0v) is 27.3. The van der Waals surface area contributed by atoms with Crippen molar-refractivity contribution in [1.29, 1.82) is 0 Å². The molecule has 0 fully saturated rings. The zero-order chi connectivity index (χ0) is 34.4. The molecule has 0 N–H and O–H groups in total. The Balaban J connectivity index is 0.000000165. The Labute approximate surface area is 281 Å². The van der Waals surface area contributed by atoms with Crippen molar-refractivity contribution in [2.75, 3.05) is 46.8 Å². The van der Waals surface area contributed by atoms with Gasteiger partial charge in [-0.2, -0.15) is 0 Å². The smallest absolute Gasteiger partial charge is 0.131 e. The van der Waals surface area contributed by atoms with E-state index in [1.807, 2.05) is 36.4 Å². The average molecular weight is 664 g/mol. The van der Waals surface area contributed by atoms with E-state index in [4.69, 9.17) is 29.8 Å². The van der Waals surface area contributed by atoms with Gasteiger partial charge in [-0.3, -0.25) is 4.39 Å². The molecule has 9 heteroatoms. The normalized spacial score (nSPS) is 16.3. The second-order valence-electron chi connectivity index (χ2n) is 12.2. The van der Waals surface area contributed by atoms with Crippen LogP contribution in [0.15, 0.2) is 72.8 Å². The number of benzene rings is 4. The molecular formula is C39H41F3O6. The maximum absolute atomic E-state index is 14.2. The Hall–Kier alpha value is -4.53. The Bertz CT molecular complexity index is 1640. The quantitative estimate of drug-likeness (QED) is 0.176. The predicted molar refractivity (Wildman–Crippen MR) is 177 cm³/mol. The van der Waals surface area contributed by atoms with Crippen LogP contribution in [0.25, 0.3) is 0 Å². The third-order valence-corrected chi connectivity index (χ3v) is 9.25. The van der Waals surface area contributed by atoms with E-state index < -0.39 is 12.6 Å². The Kier molecular flexibility index (Phi) is 9.54. The summed E-state index contributed by atoms with van der Waals surface area (Å²) in [7, 11) is -1.00. The van der Waals surface area contributed by atoms with Gasteiger partial charge in [-0.15, -0.1) is 0 Å². The van der Waals surface area contributed by atoms with Crippen molar-refractivity contribution in [3.05, 3.63) is 107 Å². The van der Waals surface area contributed by atoms with E-state index in [1.165, 1.54) is 12.1 Å². The first-order valence-electron chi connectivity index (χ1n) is 17.1. The summed E-state index contributed by atoms with van der Waals surface area (Å²) >= 11 is 0. The third kappa shape index (κ3) is 5.67.